The summed E-state index contributed by atoms with van der Waals surface area (Å²) in [7, 11) is 0. The Balaban J connectivity index is 1.89. The van der Waals surface area contributed by atoms with Gasteiger partial charge in [-0.25, -0.2) is 0 Å². The van der Waals surface area contributed by atoms with Crippen molar-refractivity contribution in [1.29, 1.82) is 0 Å². The first-order valence-electron chi connectivity index (χ1n) is 7.18. The summed E-state index contributed by atoms with van der Waals surface area (Å²) in [5, 5.41) is 3.28. The lowest BCUT2D eigenvalue weighted by Gasteiger charge is -2.12. The molecule has 0 spiro atoms. The number of unbranched alkanes of at least 4 members (excludes halogenated alkanes) is 1. The summed E-state index contributed by atoms with van der Waals surface area (Å²) < 4.78 is 5.28. The number of benzene rings is 1. The standard InChI is InChI=1S/C16H23NO2/c1-3-4-9-19-16(18)15-10-13(11-17-15)14-8-6-5-7-12(14)2/h5-8,13,15,17H,3-4,9-11H2,1-2H3/t13-,15+/m1/s1. The molecule has 3 heteroatoms. The summed E-state index contributed by atoms with van der Waals surface area (Å²) in [5.74, 6) is 0.328. The number of aryl methyl sites for hydroxylation is 1. The molecule has 2 rings (SSSR count). The van der Waals surface area contributed by atoms with Crippen molar-refractivity contribution in [3.63, 3.8) is 0 Å². The van der Waals surface area contributed by atoms with Gasteiger partial charge in [0.15, 0.2) is 0 Å². The molecule has 3 nitrogen and oxygen atoms in total. The zero-order valence-corrected chi connectivity index (χ0v) is 11.8. The van der Waals surface area contributed by atoms with E-state index >= 15 is 0 Å². The molecule has 1 aromatic rings. The Morgan fingerprint density at radius 1 is 1.42 bits per heavy atom. The van der Waals surface area contributed by atoms with Crippen LogP contribution >= 0.6 is 0 Å². The van der Waals surface area contributed by atoms with Crippen molar-refractivity contribution in [2.75, 3.05) is 13.2 Å². The van der Waals surface area contributed by atoms with Gasteiger partial charge in [0.2, 0.25) is 0 Å². The Labute approximate surface area is 115 Å². The molecule has 1 fully saturated rings. The van der Waals surface area contributed by atoms with E-state index in [-0.39, 0.29) is 12.0 Å². The summed E-state index contributed by atoms with van der Waals surface area (Å²) in [6.07, 6.45) is 2.84. The summed E-state index contributed by atoms with van der Waals surface area (Å²) in [4.78, 5) is 11.9. The van der Waals surface area contributed by atoms with Gasteiger partial charge in [0, 0.05) is 6.54 Å². The van der Waals surface area contributed by atoms with E-state index in [9.17, 15) is 4.79 Å². The Bertz CT molecular complexity index is 431. The molecule has 0 amide bonds. The predicted octanol–water partition coefficient (Wildman–Crippen LogP) is 2.78. The molecule has 1 heterocycles. The second-order valence-corrected chi connectivity index (χ2v) is 5.27. The lowest BCUT2D eigenvalue weighted by molar-refractivity contribution is -0.145. The Morgan fingerprint density at radius 2 is 2.21 bits per heavy atom. The maximum atomic E-state index is 11.9. The van der Waals surface area contributed by atoms with E-state index in [1.807, 2.05) is 0 Å². The minimum Gasteiger partial charge on any atom is -0.465 e. The van der Waals surface area contributed by atoms with E-state index in [2.05, 4.69) is 43.4 Å². The fourth-order valence-electron chi connectivity index (χ4n) is 2.61. The number of carbonyl (C=O) groups is 1. The van der Waals surface area contributed by atoms with Gasteiger partial charge in [-0.05, 0) is 36.8 Å². The number of hydrogen-bond acceptors (Lipinski definition) is 3. The minimum absolute atomic E-state index is 0.0930. The van der Waals surface area contributed by atoms with Crippen LogP contribution in [0.3, 0.4) is 0 Å². The Hall–Kier alpha value is -1.35. The topological polar surface area (TPSA) is 38.3 Å². The lowest BCUT2D eigenvalue weighted by atomic mass is 9.93. The maximum absolute atomic E-state index is 11.9. The van der Waals surface area contributed by atoms with Crippen molar-refractivity contribution in [3.8, 4) is 0 Å². The molecule has 0 aromatic heterocycles. The van der Waals surface area contributed by atoms with Gasteiger partial charge < -0.3 is 10.1 Å². The molecule has 0 bridgehead atoms. The van der Waals surface area contributed by atoms with Crippen LogP contribution in [0.25, 0.3) is 0 Å². The SMILES string of the molecule is CCCCOC(=O)[C@@H]1C[C@@H](c2ccccc2C)CN1. The van der Waals surface area contributed by atoms with Crippen molar-refractivity contribution >= 4 is 5.97 Å². The molecule has 2 atom stereocenters. The number of rotatable bonds is 5. The second kappa shape index (κ2) is 6.71. The van der Waals surface area contributed by atoms with E-state index in [0.717, 1.165) is 25.8 Å². The van der Waals surface area contributed by atoms with Crippen LogP contribution in [-0.4, -0.2) is 25.2 Å². The van der Waals surface area contributed by atoms with Crippen molar-refractivity contribution in [2.45, 2.75) is 45.1 Å². The molecule has 19 heavy (non-hydrogen) atoms. The molecule has 1 saturated heterocycles. The molecule has 0 radical (unpaired) electrons. The summed E-state index contributed by atoms with van der Waals surface area (Å²) >= 11 is 0. The van der Waals surface area contributed by atoms with Crippen LogP contribution in [0.2, 0.25) is 0 Å². The van der Waals surface area contributed by atoms with Crippen molar-refractivity contribution < 1.29 is 9.53 Å². The molecule has 1 N–H and O–H groups in total. The monoisotopic (exact) mass is 261 g/mol. The maximum Gasteiger partial charge on any atom is 0.323 e. The average Bonchev–Trinajstić information content (AvgIpc) is 2.89. The van der Waals surface area contributed by atoms with Crippen LogP contribution in [0, 0.1) is 6.92 Å². The zero-order valence-electron chi connectivity index (χ0n) is 11.8. The van der Waals surface area contributed by atoms with Crippen molar-refractivity contribution in [2.24, 2.45) is 0 Å². The van der Waals surface area contributed by atoms with E-state index in [0.29, 0.717) is 12.5 Å². The van der Waals surface area contributed by atoms with E-state index in [4.69, 9.17) is 4.74 Å². The summed E-state index contributed by atoms with van der Waals surface area (Å²) in [6, 6.07) is 8.27. The predicted molar refractivity (Wildman–Crippen MR) is 76.2 cm³/mol. The number of ether oxygens (including phenoxy) is 1. The van der Waals surface area contributed by atoms with Gasteiger partial charge in [0.05, 0.1) is 6.61 Å². The number of hydrogen-bond donors (Lipinski definition) is 1. The largest absolute Gasteiger partial charge is 0.465 e. The van der Waals surface area contributed by atoms with Gasteiger partial charge in [0.1, 0.15) is 6.04 Å². The van der Waals surface area contributed by atoms with Crippen LogP contribution < -0.4 is 5.32 Å². The van der Waals surface area contributed by atoms with Gasteiger partial charge in [-0.1, -0.05) is 37.6 Å². The van der Waals surface area contributed by atoms with Crippen LogP contribution in [0.1, 0.15) is 43.2 Å². The molecule has 1 aromatic carbocycles. The number of carbonyl (C=O) groups excluding carboxylic acids is 1. The number of nitrogens with one attached hydrogen (secondary N) is 1. The molecule has 0 saturated carbocycles. The van der Waals surface area contributed by atoms with E-state index in [1.54, 1.807) is 0 Å². The van der Waals surface area contributed by atoms with Crippen molar-refractivity contribution in [3.05, 3.63) is 35.4 Å². The smallest absolute Gasteiger partial charge is 0.323 e. The molecular formula is C16H23NO2. The first-order chi connectivity index (χ1) is 9.22. The highest BCUT2D eigenvalue weighted by Crippen LogP contribution is 2.28. The third-order valence-corrected chi connectivity index (χ3v) is 3.79. The van der Waals surface area contributed by atoms with Gasteiger partial charge in [-0.3, -0.25) is 4.79 Å². The third kappa shape index (κ3) is 3.57. The van der Waals surface area contributed by atoms with Gasteiger partial charge in [-0.15, -0.1) is 0 Å². The van der Waals surface area contributed by atoms with Crippen LogP contribution in [0.4, 0.5) is 0 Å². The highest BCUT2D eigenvalue weighted by atomic mass is 16.5. The number of esters is 1. The quantitative estimate of drug-likeness (QED) is 0.654. The first-order valence-corrected chi connectivity index (χ1v) is 7.18. The highest BCUT2D eigenvalue weighted by Gasteiger charge is 2.31. The fraction of sp³-hybridized carbons (Fsp3) is 0.562. The summed E-state index contributed by atoms with van der Waals surface area (Å²) in [6.45, 7) is 5.62. The fourth-order valence-corrected chi connectivity index (χ4v) is 2.61. The molecule has 0 aliphatic carbocycles. The van der Waals surface area contributed by atoms with Gasteiger partial charge >= 0.3 is 5.97 Å². The van der Waals surface area contributed by atoms with Gasteiger partial charge in [0.25, 0.3) is 0 Å². The van der Waals surface area contributed by atoms with Crippen LogP contribution in [0.5, 0.6) is 0 Å². The minimum atomic E-state index is -0.138. The van der Waals surface area contributed by atoms with E-state index in [1.165, 1.54) is 11.1 Å². The summed E-state index contributed by atoms with van der Waals surface area (Å²) in [5.41, 5.74) is 2.65. The zero-order chi connectivity index (χ0) is 13.7. The van der Waals surface area contributed by atoms with Crippen molar-refractivity contribution in [1.82, 2.24) is 5.32 Å². The van der Waals surface area contributed by atoms with Gasteiger partial charge in [-0.2, -0.15) is 0 Å². The third-order valence-electron chi connectivity index (χ3n) is 3.79. The normalized spacial score (nSPS) is 22.4. The van der Waals surface area contributed by atoms with Crippen LogP contribution in [-0.2, 0) is 9.53 Å². The Morgan fingerprint density at radius 3 is 2.95 bits per heavy atom. The second-order valence-electron chi connectivity index (χ2n) is 5.27. The first kappa shape index (κ1) is 14.1. The highest BCUT2D eigenvalue weighted by molar-refractivity contribution is 5.76. The molecular weight excluding hydrogens is 238 g/mol. The Kier molecular flexibility index (Phi) is 4.97. The molecule has 1 aliphatic heterocycles. The lowest BCUT2D eigenvalue weighted by Crippen LogP contribution is -2.32. The van der Waals surface area contributed by atoms with Crippen LogP contribution in [0.15, 0.2) is 24.3 Å². The molecule has 0 unspecified atom stereocenters. The molecule has 1 aliphatic rings. The van der Waals surface area contributed by atoms with E-state index < -0.39 is 0 Å². The molecule has 104 valence electrons. The average molecular weight is 261 g/mol.